The number of thioether (sulfide) groups is 1. The molecule has 10 heteroatoms. The van der Waals surface area contributed by atoms with Crippen LogP contribution in [0.4, 0.5) is 11.5 Å². The smallest absolute Gasteiger partial charge is 0.247 e. The largest absolute Gasteiger partial charge is 0.495 e. The lowest BCUT2D eigenvalue weighted by Crippen LogP contribution is -2.31. The first-order valence-corrected chi connectivity index (χ1v) is 10.7. The first-order chi connectivity index (χ1) is 14.9. The van der Waals surface area contributed by atoms with Crippen LogP contribution < -0.4 is 15.4 Å². The van der Waals surface area contributed by atoms with Gasteiger partial charge in [0.2, 0.25) is 11.8 Å². The average Bonchev–Trinajstić information content (AvgIpc) is 3.54. The van der Waals surface area contributed by atoms with Gasteiger partial charge in [0.05, 0.1) is 34.2 Å². The molecular weight excluding hydrogens is 438 g/mol. The molecular formula is C21H16ClN5O3S. The highest BCUT2D eigenvalue weighted by atomic mass is 35.5. The summed E-state index contributed by atoms with van der Waals surface area (Å²) in [4.78, 5) is 31.0. The number of nitrogens with zero attached hydrogens (tertiary/aromatic N) is 4. The Labute approximate surface area is 187 Å². The lowest BCUT2D eigenvalue weighted by molar-refractivity contribution is -0.121. The lowest BCUT2D eigenvalue weighted by Gasteiger charge is -2.17. The molecule has 1 atom stereocenters. The molecule has 2 N–H and O–H groups in total. The molecule has 0 bridgehead atoms. The van der Waals surface area contributed by atoms with E-state index in [0.29, 0.717) is 17.0 Å². The van der Waals surface area contributed by atoms with Crippen molar-refractivity contribution in [2.75, 3.05) is 17.7 Å². The fourth-order valence-electron chi connectivity index (χ4n) is 3.59. The number of anilines is 2. The van der Waals surface area contributed by atoms with Gasteiger partial charge in [0.15, 0.2) is 0 Å². The van der Waals surface area contributed by atoms with Crippen LogP contribution in [0.25, 0.3) is 0 Å². The molecule has 1 saturated carbocycles. The standard InChI is InChI=1S/C21H16ClN5O3S/c1-30-15-5-4-11(6-14(15)22)27-17(28)7-16(21(27)29)31-20-13(9-24)18(10-2-3-10)12(8-23)19(25)26-20/h4-6,10,16H,2-3,7H2,1H3,(H2,25,26)/t16-/m0/s1. The number of pyridine rings is 1. The molecule has 2 aromatic rings. The van der Waals surface area contributed by atoms with Crippen molar-refractivity contribution in [3.63, 3.8) is 0 Å². The first kappa shape index (κ1) is 21.0. The summed E-state index contributed by atoms with van der Waals surface area (Å²) in [7, 11) is 1.47. The Bertz CT molecular complexity index is 1200. The van der Waals surface area contributed by atoms with Crippen molar-refractivity contribution in [2.45, 2.75) is 35.5 Å². The van der Waals surface area contributed by atoms with Crippen LogP contribution in [0.1, 0.15) is 41.9 Å². The monoisotopic (exact) mass is 453 g/mol. The Balaban J connectivity index is 1.66. The van der Waals surface area contributed by atoms with Gasteiger partial charge in [-0.15, -0.1) is 0 Å². The van der Waals surface area contributed by atoms with Crippen molar-refractivity contribution in [2.24, 2.45) is 0 Å². The summed E-state index contributed by atoms with van der Waals surface area (Å²) in [6, 6.07) is 8.81. The summed E-state index contributed by atoms with van der Waals surface area (Å²) in [6.45, 7) is 0. The first-order valence-electron chi connectivity index (χ1n) is 9.40. The Hall–Kier alpha value is -3.27. The van der Waals surface area contributed by atoms with E-state index >= 15 is 0 Å². The number of nitriles is 2. The molecule has 1 aliphatic carbocycles. The van der Waals surface area contributed by atoms with Crippen LogP contribution in [0.3, 0.4) is 0 Å². The number of hydrogen-bond acceptors (Lipinski definition) is 8. The molecule has 0 radical (unpaired) electrons. The fraction of sp³-hybridized carbons (Fsp3) is 0.286. The number of imide groups is 1. The van der Waals surface area contributed by atoms with Crippen molar-refractivity contribution in [3.8, 4) is 17.9 Å². The Morgan fingerprint density at radius 2 is 1.97 bits per heavy atom. The van der Waals surface area contributed by atoms with Crippen LogP contribution in [0.2, 0.25) is 5.02 Å². The molecule has 31 heavy (non-hydrogen) atoms. The molecule has 156 valence electrons. The van der Waals surface area contributed by atoms with Crippen LogP contribution >= 0.6 is 23.4 Å². The number of ether oxygens (including phenoxy) is 1. The predicted molar refractivity (Wildman–Crippen MR) is 115 cm³/mol. The Morgan fingerprint density at radius 3 is 2.55 bits per heavy atom. The molecule has 0 unspecified atom stereocenters. The van der Waals surface area contributed by atoms with Crippen molar-refractivity contribution >= 4 is 46.7 Å². The highest BCUT2D eigenvalue weighted by Crippen LogP contribution is 2.47. The van der Waals surface area contributed by atoms with E-state index < -0.39 is 11.2 Å². The van der Waals surface area contributed by atoms with Gasteiger partial charge in [0.25, 0.3) is 0 Å². The predicted octanol–water partition coefficient (Wildman–Crippen LogP) is 3.37. The second-order valence-electron chi connectivity index (χ2n) is 7.16. The third-order valence-electron chi connectivity index (χ3n) is 5.19. The summed E-state index contributed by atoms with van der Waals surface area (Å²) in [5.41, 5.74) is 7.38. The van der Waals surface area contributed by atoms with E-state index in [1.807, 2.05) is 6.07 Å². The van der Waals surface area contributed by atoms with Crippen LogP contribution in [0.15, 0.2) is 23.2 Å². The number of carbonyl (C=O) groups excluding carboxylic acids is 2. The minimum absolute atomic E-state index is 0.0291. The van der Waals surface area contributed by atoms with Crippen molar-refractivity contribution in [1.82, 2.24) is 4.98 Å². The molecule has 2 aliphatic rings. The summed E-state index contributed by atoms with van der Waals surface area (Å²) in [5.74, 6) is -0.266. The van der Waals surface area contributed by atoms with E-state index in [4.69, 9.17) is 22.1 Å². The van der Waals surface area contributed by atoms with Gasteiger partial charge in [-0.3, -0.25) is 9.59 Å². The number of hydrogen-bond donors (Lipinski definition) is 1. The maximum absolute atomic E-state index is 13.0. The molecule has 8 nitrogen and oxygen atoms in total. The molecule has 1 aliphatic heterocycles. The molecule has 2 amide bonds. The SMILES string of the molecule is COc1ccc(N2C(=O)C[C@H](Sc3nc(N)c(C#N)c(C4CC4)c3C#N)C2=O)cc1Cl. The van der Waals surface area contributed by atoms with E-state index in [1.165, 1.54) is 13.2 Å². The highest BCUT2D eigenvalue weighted by Gasteiger charge is 2.42. The molecule has 1 aromatic carbocycles. The normalized spacial score (nSPS) is 18.1. The maximum Gasteiger partial charge on any atom is 0.247 e. The number of benzene rings is 1. The number of halogens is 1. The Morgan fingerprint density at radius 1 is 1.26 bits per heavy atom. The van der Waals surface area contributed by atoms with Gasteiger partial charge in [-0.25, -0.2) is 9.88 Å². The third-order valence-corrected chi connectivity index (χ3v) is 6.66. The quantitative estimate of drug-likeness (QED) is 0.681. The molecule has 1 aromatic heterocycles. The molecule has 4 rings (SSSR count). The average molecular weight is 454 g/mol. The maximum atomic E-state index is 13.0. The number of rotatable bonds is 5. The summed E-state index contributed by atoms with van der Waals surface area (Å²) >= 11 is 7.17. The van der Waals surface area contributed by atoms with E-state index in [1.54, 1.807) is 12.1 Å². The number of methoxy groups -OCH3 is 1. The topological polar surface area (TPSA) is 133 Å². The summed E-state index contributed by atoms with van der Waals surface area (Å²) in [6.07, 6.45) is 1.67. The number of amides is 2. The van der Waals surface area contributed by atoms with Gasteiger partial charge in [0, 0.05) is 6.42 Å². The molecule has 0 spiro atoms. The van der Waals surface area contributed by atoms with Crippen molar-refractivity contribution in [3.05, 3.63) is 39.9 Å². The number of carbonyl (C=O) groups is 2. The fourth-order valence-corrected chi connectivity index (χ4v) is 4.97. The van der Waals surface area contributed by atoms with E-state index in [2.05, 4.69) is 11.1 Å². The van der Waals surface area contributed by atoms with Crippen molar-refractivity contribution < 1.29 is 14.3 Å². The second kappa shape index (κ2) is 8.10. The Kier molecular flexibility index (Phi) is 5.48. The lowest BCUT2D eigenvalue weighted by atomic mass is 10.0. The van der Waals surface area contributed by atoms with E-state index in [-0.39, 0.29) is 45.2 Å². The highest BCUT2D eigenvalue weighted by molar-refractivity contribution is 8.00. The molecule has 2 heterocycles. The zero-order valence-corrected chi connectivity index (χ0v) is 18.0. The van der Waals surface area contributed by atoms with Gasteiger partial charge in [-0.05, 0) is 42.5 Å². The zero-order chi connectivity index (χ0) is 22.3. The molecule has 2 fully saturated rings. The van der Waals surface area contributed by atoms with Crippen LogP contribution in [0.5, 0.6) is 5.75 Å². The van der Waals surface area contributed by atoms with Gasteiger partial charge >= 0.3 is 0 Å². The van der Waals surface area contributed by atoms with Gasteiger partial charge < -0.3 is 10.5 Å². The third kappa shape index (κ3) is 3.67. The van der Waals surface area contributed by atoms with Crippen LogP contribution in [0, 0.1) is 22.7 Å². The van der Waals surface area contributed by atoms with E-state index in [9.17, 15) is 20.1 Å². The van der Waals surface area contributed by atoms with Crippen molar-refractivity contribution in [1.29, 1.82) is 10.5 Å². The summed E-state index contributed by atoms with van der Waals surface area (Å²) < 4.78 is 5.11. The number of nitrogen functional groups attached to an aromatic ring is 1. The van der Waals surface area contributed by atoms with Crippen LogP contribution in [-0.2, 0) is 9.59 Å². The van der Waals surface area contributed by atoms with Gasteiger partial charge in [-0.2, -0.15) is 10.5 Å². The number of nitrogens with two attached hydrogens (primary N) is 1. The van der Waals surface area contributed by atoms with E-state index in [0.717, 1.165) is 29.5 Å². The summed E-state index contributed by atoms with van der Waals surface area (Å²) in [5, 5.41) is 19.0. The van der Waals surface area contributed by atoms with Gasteiger partial charge in [0.1, 0.15) is 28.7 Å². The van der Waals surface area contributed by atoms with Gasteiger partial charge in [-0.1, -0.05) is 23.4 Å². The second-order valence-corrected chi connectivity index (χ2v) is 8.76. The van der Waals surface area contributed by atoms with Crippen LogP contribution in [-0.4, -0.2) is 29.2 Å². The minimum atomic E-state index is -0.771. The zero-order valence-electron chi connectivity index (χ0n) is 16.4. The number of aromatic nitrogens is 1. The minimum Gasteiger partial charge on any atom is -0.495 e. The molecule has 1 saturated heterocycles.